The number of fused-ring (bicyclic) bond motifs is 1. The molecule has 3 heterocycles. The average Bonchev–Trinajstić information content (AvgIpc) is 2.95. The number of hydrogen-bond acceptors (Lipinski definition) is 3. The van der Waals surface area contributed by atoms with Crippen LogP contribution in [0.25, 0.3) is 11.2 Å². The molecule has 1 atom stereocenters. The van der Waals surface area contributed by atoms with Crippen LogP contribution in [0.15, 0.2) is 18.3 Å². The zero-order valence-corrected chi connectivity index (χ0v) is 11.9. The Morgan fingerprint density at radius 3 is 2.95 bits per heavy atom. The molecule has 0 N–H and O–H groups in total. The first-order chi connectivity index (χ1) is 9.04. The molecule has 1 unspecified atom stereocenters. The third kappa shape index (κ3) is 2.50. The van der Waals surface area contributed by atoms with Crippen LogP contribution in [0.1, 0.15) is 38.9 Å². The number of hydrogen-bond donors (Lipinski definition) is 0. The molecule has 0 bridgehead atoms. The van der Waals surface area contributed by atoms with Gasteiger partial charge in [0, 0.05) is 25.3 Å². The fourth-order valence-electron chi connectivity index (χ4n) is 2.66. The molecule has 4 heteroatoms. The van der Waals surface area contributed by atoms with Gasteiger partial charge in [0.15, 0.2) is 5.65 Å². The minimum absolute atomic E-state index is 0.208. The van der Waals surface area contributed by atoms with E-state index in [9.17, 15) is 0 Å². The summed E-state index contributed by atoms with van der Waals surface area (Å²) in [5, 5.41) is 0. The van der Waals surface area contributed by atoms with Crippen molar-refractivity contribution in [2.75, 3.05) is 13.2 Å². The Labute approximate surface area is 113 Å². The van der Waals surface area contributed by atoms with Crippen molar-refractivity contribution in [1.82, 2.24) is 14.5 Å². The SMILES string of the molecule is CC(C)(C)Cn1c(C2CCOC2)nc2cccnc21. The molecule has 0 aromatic carbocycles. The summed E-state index contributed by atoms with van der Waals surface area (Å²) in [6.07, 6.45) is 2.91. The molecule has 1 fully saturated rings. The summed E-state index contributed by atoms with van der Waals surface area (Å²) in [6, 6.07) is 3.99. The number of aromatic nitrogens is 3. The Kier molecular flexibility index (Phi) is 3.05. The molecule has 0 aliphatic carbocycles. The second-order valence-corrected chi connectivity index (χ2v) is 6.52. The molecule has 1 aliphatic rings. The van der Waals surface area contributed by atoms with Crippen molar-refractivity contribution in [2.24, 2.45) is 5.41 Å². The van der Waals surface area contributed by atoms with Gasteiger partial charge in [-0.05, 0) is 24.0 Å². The van der Waals surface area contributed by atoms with Crippen molar-refractivity contribution in [3.63, 3.8) is 0 Å². The summed E-state index contributed by atoms with van der Waals surface area (Å²) in [6.45, 7) is 9.31. The summed E-state index contributed by atoms with van der Waals surface area (Å²) < 4.78 is 7.81. The zero-order valence-electron chi connectivity index (χ0n) is 11.9. The van der Waals surface area contributed by atoms with E-state index in [0.29, 0.717) is 5.92 Å². The standard InChI is InChI=1S/C15H21N3O/c1-15(2,3)10-18-13(11-6-8-19-9-11)17-12-5-4-7-16-14(12)18/h4-5,7,11H,6,8-10H2,1-3H3. The van der Waals surface area contributed by atoms with Gasteiger partial charge >= 0.3 is 0 Å². The molecule has 0 amide bonds. The molecule has 2 aromatic rings. The lowest BCUT2D eigenvalue weighted by atomic mass is 9.96. The summed E-state index contributed by atoms with van der Waals surface area (Å²) in [7, 11) is 0. The van der Waals surface area contributed by atoms with E-state index in [0.717, 1.165) is 43.2 Å². The Bertz CT molecular complexity index is 577. The molecule has 2 aromatic heterocycles. The largest absolute Gasteiger partial charge is 0.381 e. The van der Waals surface area contributed by atoms with Gasteiger partial charge in [-0.1, -0.05) is 20.8 Å². The number of pyridine rings is 1. The van der Waals surface area contributed by atoms with E-state index in [-0.39, 0.29) is 5.41 Å². The van der Waals surface area contributed by atoms with Crippen LogP contribution < -0.4 is 0 Å². The van der Waals surface area contributed by atoms with Crippen LogP contribution >= 0.6 is 0 Å². The highest BCUT2D eigenvalue weighted by Gasteiger charge is 2.26. The van der Waals surface area contributed by atoms with E-state index in [2.05, 4.69) is 30.3 Å². The summed E-state index contributed by atoms with van der Waals surface area (Å²) in [5.41, 5.74) is 2.20. The smallest absolute Gasteiger partial charge is 0.160 e. The Morgan fingerprint density at radius 2 is 2.26 bits per heavy atom. The maximum Gasteiger partial charge on any atom is 0.160 e. The molecule has 4 nitrogen and oxygen atoms in total. The number of nitrogens with zero attached hydrogens (tertiary/aromatic N) is 3. The lowest BCUT2D eigenvalue weighted by Crippen LogP contribution is -2.19. The van der Waals surface area contributed by atoms with Crippen molar-refractivity contribution in [3.8, 4) is 0 Å². The minimum atomic E-state index is 0.208. The van der Waals surface area contributed by atoms with E-state index in [4.69, 9.17) is 9.72 Å². The van der Waals surface area contributed by atoms with Gasteiger partial charge < -0.3 is 9.30 Å². The van der Waals surface area contributed by atoms with Gasteiger partial charge in [0.2, 0.25) is 0 Å². The first-order valence-corrected chi connectivity index (χ1v) is 6.93. The summed E-state index contributed by atoms with van der Waals surface area (Å²) in [5.74, 6) is 1.55. The van der Waals surface area contributed by atoms with E-state index >= 15 is 0 Å². The van der Waals surface area contributed by atoms with Crippen LogP contribution in [0.4, 0.5) is 0 Å². The summed E-state index contributed by atoms with van der Waals surface area (Å²) in [4.78, 5) is 9.32. The molecule has 102 valence electrons. The van der Waals surface area contributed by atoms with Crippen molar-refractivity contribution < 1.29 is 4.74 Å². The monoisotopic (exact) mass is 259 g/mol. The lowest BCUT2D eigenvalue weighted by Gasteiger charge is -2.22. The molecule has 0 radical (unpaired) electrons. The van der Waals surface area contributed by atoms with E-state index in [1.54, 1.807) is 0 Å². The van der Waals surface area contributed by atoms with Gasteiger partial charge in [-0.3, -0.25) is 0 Å². The van der Waals surface area contributed by atoms with Crippen LogP contribution in [0, 0.1) is 5.41 Å². The number of imidazole rings is 1. The maximum absolute atomic E-state index is 5.52. The van der Waals surface area contributed by atoms with Crippen LogP contribution in [0.5, 0.6) is 0 Å². The van der Waals surface area contributed by atoms with Gasteiger partial charge in [-0.25, -0.2) is 9.97 Å². The van der Waals surface area contributed by atoms with Crippen LogP contribution in [0.2, 0.25) is 0 Å². The van der Waals surface area contributed by atoms with E-state index in [1.165, 1.54) is 0 Å². The topological polar surface area (TPSA) is 39.9 Å². The highest BCUT2D eigenvalue weighted by atomic mass is 16.5. The Hall–Kier alpha value is -1.42. The third-order valence-electron chi connectivity index (χ3n) is 3.46. The van der Waals surface area contributed by atoms with Gasteiger partial charge in [0.1, 0.15) is 11.3 Å². The third-order valence-corrected chi connectivity index (χ3v) is 3.46. The van der Waals surface area contributed by atoms with E-state index < -0.39 is 0 Å². The number of rotatable bonds is 2. The second-order valence-electron chi connectivity index (χ2n) is 6.52. The van der Waals surface area contributed by atoms with Gasteiger partial charge in [-0.15, -0.1) is 0 Å². The highest BCUT2D eigenvalue weighted by Crippen LogP contribution is 2.29. The van der Waals surface area contributed by atoms with Crippen LogP contribution in [-0.2, 0) is 11.3 Å². The molecule has 0 saturated carbocycles. The summed E-state index contributed by atoms with van der Waals surface area (Å²) >= 11 is 0. The Morgan fingerprint density at radius 1 is 1.42 bits per heavy atom. The first-order valence-electron chi connectivity index (χ1n) is 6.93. The van der Waals surface area contributed by atoms with Crippen molar-refractivity contribution in [2.45, 2.75) is 39.7 Å². The highest BCUT2D eigenvalue weighted by molar-refractivity contribution is 5.71. The molecule has 1 aliphatic heterocycles. The fraction of sp³-hybridized carbons (Fsp3) is 0.600. The number of ether oxygens (including phenoxy) is 1. The molecule has 0 spiro atoms. The maximum atomic E-state index is 5.52. The van der Waals surface area contributed by atoms with E-state index in [1.807, 2.05) is 18.3 Å². The van der Waals surface area contributed by atoms with Crippen molar-refractivity contribution >= 4 is 11.2 Å². The molecular formula is C15H21N3O. The van der Waals surface area contributed by atoms with Crippen LogP contribution in [0.3, 0.4) is 0 Å². The molecule has 1 saturated heterocycles. The van der Waals surface area contributed by atoms with Crippen LogP contribution in [-0.4, -0.2) is 27.7 Å². The molecule has 3 rings (SSSR count). The second kappa shape index (κ2) is 4.60. The van der Waals surface area contributed by atoms with Gasteiger partial charge in [0.05, 0.1) is 6.61 Å². The predicted molar refractivity (Wildman–Crippen MR) is 75.2 cm³/mol. The molecular weight excluding hydrogens is 238 g/mol. The minimum Gasteiger partial charge on any atom is -0.381 e. The quantitative estimate of drug-likeness (QED) is 0.832. The first kappa shape index (κ1) is 12.6. The molecule has 19 heavy (non-hydrogen) atoms. The zero-order chi connectivity index (χ0) is 13.5. The van der Waals surface area contributed by atoms with Gasteiger partial charge in [-0.2, -0.15) is 0 Å². The normalized spacial score (nSPS) is 20.3. The fourth-order valence-corrected chi connectivity index (χ4v) is 2.66. The predicted octanol–water partition coefficient (Wildman–Crippen LogP) is 2.98. The van der Waals surface area contributed by atoms with Gasteiger partial charge in [0.25, 0.3) is 0 Å². The van der Waals surface area contributed by atoms with Crippen molar-refractivity contribution in [1.29, 1.82) is 0 Å². The average molecular weight is 259 g/mol. The van der Waals surface area contributed by atoms with Crippen molar-refractivity contribution in [3.05, 3.63) is 24.2 Å². The lowest BCUT2D eigenvalue weighted by molar-refractivity contribution is 0.192. The Balaban J connectivity index is 2.10.